The maximum Gasteiger partial charge on any atom is 0.282 e. The molecule has 2 aromatic rings. The van der Waals surface area contributed by atoms with Gasteiger partial charge in [0.25, 0.3) is 5.91 Å². The first kappa shape index (κ1) is 17.1. The van der Waals surface area contributed by atoms with Crippen LogP contribution in [0.3, 0.4) is 0 Å². The maximum atomic E-state index is 12.6. The number of fused-ring (bicyclic) bond motifs is 1. The lowest BCUT2D eigenvalue weighted by Crippen LogP contribution is -2.30. The number of nitrogens with zero attached hydrogens (tertiary/aromatic N) is 2. The van der Waals surface area contributed by atoms with E-state index in [2.05, 4.69) is 4.98 Å². The number of hydrogen-bond acceptors (Lipinski definition) is 5. The number of rotatable bonds is 4. The number of ether oxygens (including phenoxy) is 1. The van der Waals surface area contributed by atoms with Crippen LogP contribution in [0.15, 0.2) is 24.3 Å². The highest BCUT2D eigenvalue weighted by molar-refractivity contribution is 7.20. The number of thiazole rings is 1. The molecule has 0 radical (unpaired) electrons. The highest BCUT2D eigenvalue weighted by Crippen LogP contribution is 2.26. The van der Waals surface area contributed by atoms with Gasteiger partial charge in [0, 0.05) is 25.6 Å². The van der Waals surface area contributed by atoms with E-state index in [0.717, 1.165) is 10.2 Å². The quantitative estimate of drug-likeness (QED) is 0.925. The van der Waals surface area contributed by atoms with E-state index in [0.29, 0.717) is 31.2 Å². The van der Waals surface area contributed by atoms with Gasteiger partial charge >= 0.3 is 0 Å². The lowest BCUT2D eigenvalue weighted by molar-refractivity contribution is 0.0432. The molecule has 0 aliphatic carbocycles. The number of hydrogen-bond donors (Lipinski definition) is 1. The third kappa shape index (κ3) is 3.25. The van der Waals surface area contributed by atoms with Crippen molar-refractivity contribution >= 4 is 39.9 Å². The van der Waals surface area contributed by atoms with Crippen molar-refractivity contribution in [3.8, 4) is 0 Å². The van der Waals surface area contributed by atoms with E-state index < -0.39 is 0 Å². The van der Waals surface area contributed by atoms with Crippen LogP contribution in [0.25, 0.3) is 10.2 Å². The number of nitrogens with two attached hydrogens (primary N) is 1. The Labute approximate surface area is 139 Å². The van der Waals surface area contributed by atoms with Crippen molar-refractivity contribution in [2.75, 3.05) is 26.2 Å². The molecule has 3 rings (SSSR count). The minimum atomic E-state index is -0.0168. The van der Waals surface area contributed by atoms with Crippen molar-refractivity contribution in [3.05, 3.63) is 29.3 Å². The summed E-state index contributed by atoms with van der Waals surface area (Å²) in [4.78, 5) is 18.9. The van der Waals surface area contributed by atoms with Gasteiger partial charge in [0.15, 0.2) is 5.01 Å². The molecule has 0 bridgehead atoms. The van der Waals surface area contributed by atoms with Gasteiger partial charge in [-0.1, -0.05) is 12.1 Å². The first-order valence-electron chi connectivity index (χ1n) is 7.19. The van der Waals surface area contributed by atoms with Gasteiger partial charge in [-0.05, 0) is 25.6 Å². The Hall–Kier alpha value is -1.21. The highest BCUT2D eigenvalue weighted by atomic mass is 35.5. The minimum Gasteiger partial charge on any atom is -0.376 e. The molecule has 2 N–H and O–H groups in total. The van der Waals surface area contributed by atoms with Crippen LogP contribution in [0, 0.1) is 5.92 Å². The molecule has 22 heavy (non-hydrogen) atoms. The third-order valence-electron chi connectivity index (χ3n) is 3.83. The summed E-state index contributed by atoms with van der Waals surface area (Å²) >= 11 is 1.44. The van der Waals surface area contributed by atoms with Gasteiger partial charge in [0.2, 0.25) is 0 Å². The van der Waals surface area contributed by atoms with Gasteiger partial charge in [-0.25, -0.2) is 4.98 Å². The lowest BCUT2D eigenvalue weighted by Gasteiger charge is -2.15. The van der Waals surface area contributed by atoms with E-state index >= 15 is 0 Å². The molecule has 120 valence electrons. The molecule has 1 fully saturated rings. The predicted molar refractivity (Wildman–Crippen MR) is 90.7 cm³/mol. The van der Waals surface area contributed by atoms with Crippen molar-refractivity contribution < 1.29 is 9.53 Å². The summed E-state index contributed by atoms with van der Waals surface area (Å²) in [5.74, 6) is 0.195. The van der Waals surface area contributed by atoms with Gasteiger partial charge < -0.3 is 15.4 Å². The summed E-state index contributed by atoms with van der Waals surface area (Å²) in [7, 11) is 0. The number of carbonyl (C=O) groups is 1. The number of benzene rings is 1. The van der Waals surface area contributed by atoms with Gasteiger partial charge in [0.1, 0.15) is 0 Å². The molecule has 1 saturated heterocycles. The highest BCUT2D eigenvalue weighted by Gasteiger charge is 2.36. The Balaban J connectivity index is 0.00000176. The van der Waals surface area contributed by atoms with Crippen LogP contribution in [0.1, 0.15) is 16.7 Å². The molecule has 1 aliphatic rings. The average molecular weight is 342 g/mol. The monoisotopic (exact) mass is 341 g/mol. The zero-order valence-corrected chi connectivity index (χ0v) is 14.0. The zero-order valence-electron chi connectivity index (χ0n) is 12.4. The van der Waals surface area contributed by atoms with Crippen LogP contribution >= 0.6 is 23.7 Å². The first-order valence-corrected chi connectivity index (χ1v) is 8.01. The molecular formula is C15H20ClN3O2S. The molecule has 2 heterocycles. The predicted octanol–water partition coefficient (Wildman–Crippen LogP) is 2.15. The number of amides is 1. The van der Waals surface area contributed by atoms with Crippen LogP contribution in [0.4, 0.5) is 0 Å². The number of halogens is 1. The van der Waals surface area contributed by atoms with Crippen molar-refractivity contribution in [1.82, 2.24) is 9.88 Å². The molecule has 0 spiro atoms. The van der Waals surface area contributed by atoms with Gasteiger partial charge in [-0.2, -0.15) is 0 Å². The van der Waals surface area contributed by atoms with Crippen molar-refractivity contribution in [3.63, 3.8) is 0 Å². The Morgan fingerprint density at radius 3 is 2.91 bits per heavy atom. The molecule has 1 aromatic carbocycles. The average Bonchev–Trinajstić information content (AvgIpc) is 3.10. The molecule has 2 unspecified atom stereocenters. The normalized spacial score (nSPS) is 21.1. The van der Waals surface area contributed by atoms with Crippen LogP contribution in [-0.2, 0) is 4.74 Å². The molecular weight excluding hydrogens is 322 g/mol. The Bertz CT molecular complexity index is 616. The fraction of sp³-hybridized carbons (Fsp3) is 0.467. The topological polar surface area (TPSA) is 68.5 Å². The molecule has 1 aliphatic heterocycles. The smallest absolute Gasteiger partial charge is 0.282 e. The summed E-state index contributed by atoms with van der Waals surface area (Å²) in [5.41, 5.74) is 6.66. The summed E-state index contributed by atoms with van der Waals surface area (Å²) in [6.45, 7) is 4.39. The van der Waals surface area contributed by atoms with Crippen LogP contribution < -0.4 is 5.73 Å². The standard InChI is InChI=1S/C15H19N3O2S.ClH/c1-2-20-12-9-18(8-10(12)7-16)15(19)14-17-11-5-3-4-6-13(11)21-14;/h3-6,10,12H,2,7-9,16H2,1H3;1H. The Morgan fingerprint density at radius 2 is 2.23 bits per heavy atom. The maximum absolute atomic E-state index is 12.6. The van der Waals surface area contributed by atoms with Gasteiger partial charge in [-0.15, -0.1) is 23.7 Å². The number of aromatic nitrogens is 1. The van der Waals surface area contributed by atoms with E-state index in [1.807, 2.05) is 36.1 Å². The number of para-hydroxylation sites is 1. The molecule has 2 atom stereocenters. The number of likely N-dealkylation sites (tertiary alicyclic amines) is 1. The molecule has 5 nitrogen and oxygen atoms in total. The zero-order chi connectivity index (χ0) is 14.8. The fourth-order valence-corrected chi connectivity index (χ4v) is 3.67. The molecule has 1 aromatic heterocycles. The van der Waals surface area contributed by atoms with Gasteiger partial charge in [0.05, 0.1) is 16.3 Å². The summed E-state index contributed by atoms with van der Waals surface area (Å²) in [6, 6.07) is 7.81. The third-order valence-corrected chi connectivity index (χ3v) is 4.85. The summed E-state index contributed by atoms with van der Waals surface area (Å²) in [6.07, 6.45) is 0.0401. The van der Waals surface area contributed by atoms with E-state index in [-0.39, 0.29) is 30.3 Å². The van der Waals surface area contributed by atoms with E-state index in [1.165, 1.54) is 11.3 Å². The number of carbonyl (C=O) groups excluding carboxylic acids is 1. The molecule has 0 saturated carbocycles. The second-order valence-electron chi connectivity index (χ2n) is 5.19. The van der Waals surface area contributed by atoms with E-state index in [9.17, 15) is 4.79 Å². The fourth-order valence-electron chi connectivity index (χ4n) is 2.74. The second-order valence-corrected chi connectivity index (χ2v) is 6.22. The van der Waals surface area contributed by atoms with E-state index in [4.69, 9.17) is 10.5 Å². The van der Waals surface area contributed by atoms with Crippen LogP contribution in [0.5, 0.6) is 0 Å². The first-order chi connectivity index (χ1) is 10.2. The molecule has 7 heteroatoms. The minimum absolute atomic E-state index is 0. The van der Waals surface area contributed by atoms with Crippen molar-refractivity contribution in [1.29, 1.82) is 0 Å². The summed E-state index contributed by atoms with van der Waals surface area (Å²) < 4.78 is 6.73. The van der Waals surface area contributed by atoms with E-state index in [1.54, 1.807) is 0 Å². The lowest BCUT2D eigenvalue weighted by atomic mass is 10.1. The summed E-state index contributed by atoms with van der Waals surface area (Å²) in [5, 5.41) is 0.545. The SMILES string of the molecule is CCOC1CN(C(=O)c2nc3ccccc3s2)CC1CN.Cl. The molecule has 1 amide bonds. The van der Waals surface area contributed by atoms with Gasteiger partial charge in [-0.3, -0.25) is 4.79 Å². The Morgan fingerprint density at radius 1 is 1.45 bits per heavy atom. The largest absolute Gasteiger partial charge is 0.376 e. The second kappa shape index (κ2) is 7.37. The van der Waals surface area contributed by atoms with Crippen LogP contribution in [0.2, 0.25) is 0 Å². The Kier molecular flexibility index (Phi) is 5.74. The van der Waals surface area contributed by atoms with Crippen LogP contribution in [-0.4, -0.2) is 48.1 Å². The van der Waals surface area contributed by atoms with Crippen molar-refractivity contribution in [2.24, 2.45) is 11.7 Å². The van der Waals surface area contributed by atoms with Crippen molar-refractivity contribution in [2.45, 2.75) is 13.0 Å².